The summed E-state index contributed by atoms with van der Waals surface area (Å²) in [4.78, 5) is 1.36. The molecule has 20 heavy (non-hydrogen) atoms. The summed E-state index contributed by atoms with van der Waals surface area (Å²) in [6.45, 7) is 3.97. The molecule has 3 rings (SSSR count). The van der Waals surface area contributed by atoms with Gasteiger partial charge < -0.3 is 10.1 Å². The van der Waals surface area contributed by atoms with Gasteiger partial charge in [0.15, 0.2) is 0 Å². The van der Waals surface area contributed by atoms with Gasteiger partial charge in [-0.3, -0.25) is 0 Å². The van der Waals surface area contributed by atoms with Crippen molar-refractivity contribution >= 4 is 27.3 Å². The van der Waals surface area contributed by atoms with Crippen LogP contribution < -0.4 is 10.1 Å². The molecule has 0 radical (unpaired) electrons. The molecule has 1 aromatic heterocycles. The van der Waals surface area contributed by atoms with E-state index in [2.05, 4.69) is 58.5 Å². The average Bonchev–Trinajstić information content (AvgIpc) is 3.07. The Balaban J connectivity index is 1.69. The van der Waals surface area contributed by atoms with Crippen LogP contribution in [0.25, 0.3) is 0 Å². The Morgan fingerprint density at radius 3 is 3.00 bits per heavy atom. The number of thiophene rings is 1. The Morgan fingerprint density at radius 2 is 2.25 bits per heavy atom. The molecule has 2 heterocycles. The summed E-state index contributed by atoms with van der Waals surface area (Å²) in [6.07, 6.45) is 2.13. The van der Waals surface area contributed by atoms with E-state index in [1.807, 2.05) is 0 Å². The van der Waals surface area contributed by atoms with Gasteiger partial charge in [-0.15, -0.1) is 11.3 Å². The van der Waals surface area contributed by atoms with Gasteiger partial charge in [0, 0.05) is 23.9 Å². The van der Waals surface area contributed by atoms with E-state index < -0.39 is 0 Å². The van der Waals surface area contributed by atoms with Crippen molar-refractivity contribution in [2.45, 2.75) is 32.4 Å². The molecule has 0 amide bonds. The summed E-state index contributed by atoms with van der Waals surface area (Å²) < 4.78 is 6.77. The molecule has 1 aliphatic heterocycles. The number of ether oxygens (including phenoxy) is 1. The number of rotatable bonds is 5. The molecule has 0 aliphatic carbocycles. The first-order chi connectivity index (χ1) is 9.76. The lowest BCUT2D eigenvalue weighted by atomic mass is 10.0. The fourth-order valence-electron chi connectivity index (χ4n) is 2.59. The summed E-state index contributed by atoms with van der Waals surface area (Å²) in [7, 11) is 0. The van der Waals surface area contributed by atoms with Gasteiger partial charge in [-0.25, -0.2) is 0 Å². The van der Waals surface area contributed by atoms with E-state index in [-0.39, 0.29) is 0 Å². The molecular formula is C16H18BrNOS. The van der Waals surface area contributed by atoms with Gasteiger partial charge in [0.2, 0.25) is 0 Å². The molecule has 1 aromatic carbocycles. The Hall–Kier alpha value is -0.840. The summed E-state index contributed by atoms with van der Waals surface area (Å²) >= 11 is 5.30. The fourth-order valence-corrected chi connectivity index (χ4v) is 4.03. The SMILES string of the molecule is CCC(NCc1ccc(Br)s1)c1ccc2c(c1)CCO2. The third-order valence-corrected chi connectivity index (χ3v) is 5.30. The van der Waals surface area contributed by atoms with Gasteiger partial charge in [0.1, 0.15) is 5.75 Å². The Bertz CT molecular complexity index is 596. The molecular weight excluding hydrogens is 334 g/mol. The highest BCUT2D eigenvalue weighted by molar-refractivity contribution is 9.11. The van der Waals surface area contributed by atoms with E-state index >= 15 is 0 Å². The van der Waals surface area contributed by atoms with Crippen LogP contribution in [-0.2, 0) is 13.0 Å². The van der Waals surface area contributed by atoms with Gasteiger partial charge in [-0.2, -0.15) is 0 Å². The minimum Gasteiger partial charge on any atom is -0.493 e. The zero-order chi connectivity index (χ0) is 13.9. The maximum Gasteiger partial charge on any atom is 0.122 e. The lowest BCUT2D eigenvalue weighted by Crippen LogP contribution is -2.19. The standard InChI is InChI=1S/C16H18BrNOS/c1-2-14(18-10-13-4-6-16(17)20-13)11-3-5-15-12(9-11)7-8-19-15/h3-6,9,14,18H,2,7-8,10H2,1H3. The first-order valence-corrected chi connectivity index (χ1v) is 8.60. The Kier molecular flexibility index (Phi) is 4.44. The van der Waals surface area contributed by atoms with E-state index in [0.717, 1.165) is 31.7 Å². The monoisotopic (exact) mass is 351 g/mol. The maximum atomic E-state index is 5.57. The van der Waals surface area contributed by atoms with Crippen LogP contribution in [0.2, 0.25) is 0 Å². The summed E-state index contributed by atoms with van der Waals surface area (Å²) in [5, 5.41) is 3.66. The lowest BCUT2D eigenvalue weighted by molar-refractivity contribution is 0.356. The smallest absolute Gasteiger partial charge is 0.122 e. The van der Waals surface area contributed by atoms with E-state index in [1.54, 1.807) is 11.3 Å². The number of benzene rings is 1. The van der Waals surface area contributed by atoms with Crippen LogP contribution in [-0.4, -0.2) is 6.61 Å². The average molecular weight is 352 g/mol. The second-order valence-electron chi connectivity index (χ2n) is 5.01. The minimum atomic E-state index is 0.404. The van der Waals surface area contributed by atoms with Crippen LogP contribution in [0.3, 0.4) is 0 Å². The van der Waals surface area contributed by atoms with Crippen molar-refractivity contribution < 1.29 is 4.74 Å². The molecule has 2 nitrogen and oxygen atoms in total. The molecule has 0 saturated carbocycles. The normalized spacial score (nSPS) is 14.9. The molecule has 0 saturated heterocycles. The third-order valence-electron chi connectivity index (χ3n) is 3.68. The third kappa shape index (κ3) is 3.08. The van der Waals surface area contributed by atoms with Gasteiger partial charge in [-0.05, 0) is 51.7 Å². The van der Waals surface area contributed by atoms with Gasteiger partial charge in [0.25, 0.3) is 0 Å². The van der Waals surface area contributed by atoms with Crippen LogP contribution in [0, 0.1) is 0 Å². The number of hydrogen-bond acceptors (Lipinski definition) is 3. The van der Waals surface area contributed by atoms with Gasteiger partial charge in [0.05, 0.1) is 10.4 Å². The van der Waals surface area contributed by atoms with Crippen LogP contribution in [0.15, 0.2) is 34.1 Å². The quantitative estimate of drug-likeness (QED) is 0.843. The maximum absolute atomic E-state index is 5.57. The molecule has 0 spiro atoms. The number of fused-ring (bicyclic) bond motifs is 1. The predicted molar refractivity (Wildman–Crippen MR) is 87.5 cm³/mol. The zero-order valence-electron chi connectivity index (χ0n) is 11.5. The molecule has 2 aromatic rings. The molecule has 1 unspecified atom stereocenters. The molecule has 0 fully saturated rings. The fraction of sp³-hybridized carbons (Fsp3) is 0.375. The lowest BCUT2D eigenvalue weighted by Gasteiger charge is -2.17. The van der Waals surface area contributed by atoms with Crippen molar-refractivity contribution in [3.8, 4) is 5.75 Å². The summed E-state index contributed by atoms with van der Waals surface area (Å²) in [5.74, 6) is 1.06. The number of halogens is 1. The second kappa shape index (κ2) is 6.29. The van der Waals surface area contributed by atoms with Crippen molar-refractivity contribution in [3.63, 3.8) is 0 Å². The number of nitrogens with one attached hydrogen (secondary N) is 1. The topological polar surface area (TPSA) is 21.3 Å². The molecule has 4 heteroatoms. The van der Waals surface area contributed by atoms with Crippen molar-refractivity contribution in [1.82, 2.24) is 5.32 Å². The highest BCUT2D eigenvalue weighted by atomic mass is 79.9. The Morgan fingerprint density at radius 1 is 1.35 bits per heavy atom. The highest BCUT2D eigenvalue weighted by Gasteiger charge is 2.15. The second-order valence-corrected chi connectivity index (χ2v) is 7.56. The van der Waals surface area contributed by atoms with Gasteiger partial charge in [-0.1, -0.05) is 19.1 Å². The molecule has 1 atom stereocenters. The molecule has 1 aliphatic rings. The van der Waals surface area contributed by atoms with Crippen LogP contribution in [0.4, 0.5) is 0 Å². The molecule has 1 N–H and O–H groups in total. The van der Waals surface area contributed by atoms with Crippen molar-refractivity contribution in [2.24, 2.45) is 0 Å². The van der Waals surface area contributed by atoms with Crippen molar-refractivity contribution in [1.29, 1.82) is 0 Å². The summed E-state index contributed by atoms with van der Waals surface area (Å²) in [5.41, 5.74) is 2.72. The Labute approximate surface area is 132 Å². The van der Waals surface area contributed by atoms with Crippen molar-refractivity contribution in [3.05, 3.63) is 50.1 Å². The van der Waals surface area contributed by atoms with Crippen LogP contribution in [0.1, 0.15) is 35.4 Å². The van der Waals surface area contributed by atoms with Crippen LogP contribution >= 0.6 is 27.3 Å². The van der Waals surface area contributed by atoms with Crippen molar-refractivity contribution in [2.75, 3.05) is 6.61 Å². The largest absolute Gasteiger partial charge is 0.493 e. The minimum absolute atomic E-state index is 0.404. The first kappa shape index (κ1) is 14.1. The van der Waals surface area contributed by atoms with E-state index in [9.17, 15) is 0 Å². The van der Waals surface area contributed by atoms with Gasteiger partial charge >= 0.3 is 0 Å². The highest BCUT2D eigenvalue weighted by Crippen LogP contribution is 2.29. The zero-order valence-corrected chi connectivity index (χ0v) is 13.9. The van der Waals surface area contributed by atoms with Crippen LogP contribution in [0.5, 0.6) is 5.75 Å². The van der Waals surface area contributed by atoms with E-state index in [4.69, 9.17) is 4.74 Å². The predicted octanol–water partition coefficient (Wildman–Crippen LogP) is 4.69. The molecule has 0 bridgehead atoms. The number of hydrogen-bond donors (Lipinski definition) is 1. The first-order valence-electron chi connectivity index (χ1n) is 6.99. The summed E-state index contributed by atoms with van der Waals surface area (Å²) in [6, 6.07) is 11.3. The van der Waals surface area contributed by atoms with E-state index in [1.165, 1.54) is 19.8 Å². The van der Waals surface area contributed by atoms with E-state index in [0.29, 0.717) is 6.04 Å². The molecule has 106 valence electrons.